The van der Waals surface area contributed by atoms with Crippen molar-refractivity contribution < 1.29 is 15.0 Å². The summed E-state index contributed by atoms with van der Waals surface area (Å²) >= 11 is 6.07. The number of carboxylic acids is 1. The zero-order valence-electron chi connectivity index (χ0n) is 9.24. The van der Waals surface area contributed by atoms with E-state index in [1.165, 1.54) is 0 Å². The summed E-state index contributed by atoms with van der Waals surface area (Å²) in [5.74, 6) is -2.08. The standard InChI is InChI=1S/C12H14ClNO3/c13-10-7-3-1-2-6(7)4-8(11(10)15)9(5-14)12(16)17/h4,9,15H,1-3,5,14H2,(H,16,17). The number of benzene rings is 1. The lowest BCUT2D eigenvalue weighted by molar-refractivity contribution is -0.138. The lowest BCUT2D eigenvalue weighted by Crippen LogP contribution is -2.21. The van der Waals surface area contributed by atoms with Crippen LogP contribution in [-0.2, 0) is 17.6 Å². The molecule has 1 aromatic rings. The van der Waals surface area contributed by atoms with Crippen LogP contribution >= 0.6 is 11.6 Å². The lowest BCUT2D eigenvalue weighted by atomic mass is 9.94. The molecule has 4 N–H and O–H groups in total. The van der Waals surface area contributed by atoms with Crippen molar-refractivity contribution in [1.29, 1.82) is 0 Å². The van der Waals surface area contributed by atoms with Crippen molar-refractivity contribution in [2.24, 2.45) is 5.73 Å². The normalized spacial score (nSPS) is 15.6. The molecule has 5 heteroatoms. The molecular formula is C12H14ClNO3. The Hall–Kier alpha value is -1.26. The van der Waals surface area contributed by atoms with Crippen LogP contribution in [0.1, 0.15) is 29.0 Å². The maximum absolute atomic E-state index is 11.1. The average molecular weight is 256 g/mol. The molecule has 4 nitrogen and oxygen atoms in total. The summed E-state index contributed by atoms with van der Waals surface area (Å²) in [7, 11) is 0. The van der Waals surface area contributed by atoms with E-state index in [1.54, 1.807) is 6.07 Å². The number of carboxylic acid groups (broad SMARTS) is 1. The third-order valence-corrected chi connectivity index (χ3v) is 3.65. The first-order chi connectivity index (χ1) is 8.06. The van der Waals surface area contributed by atoms with E-state index in [4.69, 9.17) is 22.4 Å². The molecule has 17 heavy (non-hydrogen) atoms. The number of hydrogen-bond acceptors (Lipinski definition) is 3. The number of rotatable bonds is 3. The molecule has 0 radical (unpaired) electrons. The lowest BCUT2D eigenvalue weighted by Gasteiger charge is -2.15. The van der Waals surface area contributed by atoms with E-state index in [1.807, 2.05) is 0 Å². The molecule has 1 atom stereocenters. The number of hydrogen-bond donors (Lipinski definition) is 3. The zero-order chi connectivity index (χ0) is 12.6. The number of phenolic OH excluding ortho intramolecular Hbond substituents is 1. The highest BCUT2D eigenvalue weighted by Crippen LogP contribution is 2.40. The van der Waals surface area contributed by atoms with Crippen molar-refractivity contribution in [3.05, 3.63) is 27.8 Å². The summed E-state index contributed by atoms with van der Waals surface area (Å²) < 4.78 is 0. The highest BCUT2D eigenvalue weighted by atomic mass is 35.5. The van der Waals surface area contributed by atoms with E-state index in [0.717, 1.165) is 30.4 Å². The Balaban J connectivity index is 2.55. The van der Waals surface area contributed by atoms with Crippen LogP contribution in [0.3, 0.4) is 0 Å². The van der Waals surface area contributed by atoms with Crippen LogP contribution in [0, 0.1) is 0 Å². The SMILES string of the molecule is NCC(C(=O)O)c1cc2c(c(Cl)c1O)CCC2. The second kappa shape index (κ2) is 4.55. The summed E-state index contributed by atoms with van der Waals surface area (Å²) in [5.41, 5.74) is 7.73. The third kappa shape index (κ3) is 1.98. The molecule has 0 bridgehead atoms. The van der Waals surface area contributed by atoms with E-state index in [-0.39, 0.29) is 17.3 Å². The molecule has 1 aromatic carbocycles. The fourth-order valence-electron chi connectivity index (χ4n) is 2.33. The summed E-state index contributed by atoms with van der Waals surface area (Å²) in [5, 5.41) is 19.3. The second-order valence-corrected chi connectivity index (χ2v) is 4.62. The van der Waals surface area contributed by atoms with Crippen molar-refractivity contribution in [3.63, 3.8) is 0 Å². The predicted octanol–water partition coefficient (Wildman–Crippen LogP) is 1.66. The Morgan fingerprint density at radius 2 is 2.24 bits per heavy atom. The second-order valence-electron chi connectivity index (χ2n) is 4.25. The summed E-state index contributed by atoms with van der Waals surface area (Å²) in [6.07, 6.45) is 2.69. The summed E-state index contributed by atoms with van der Waals surface area (Å²) in [6.45, 7) is -0.0575. The Kier molecular flexibility index (Phi) is 3.26. The Morgan fingerprint density at radius 1 is 1.53 bits per heavy atom. The van der Waals surface area contributed by atoms with Crippen molar-refractivity contribution in [3.8, 4) is 5.75 Å². The molecule has 0 heterocycles. The fourth-order valence-corrected chi connectivity index (χ4v) is 2.65. The van der Waals surface area contributed by atoms with Gasteiger partial charge in [0.1, 0.15) is 5.75 Å². The molecule has 0 amide bonds. The van der Waals surface area contributed by atoms with Gasteiger partial charge >= 0.3 is 5.97 Å². The number of aromatic hydroxyl groups is 1. The van der Waals surface area contributed by atoms with E-state index in [2.05, 4.69) is 0 Å². The highest BCUT2D eigenvalue weighted by Gasteiger charge is 2.27. The van der Waals surface area contributed by atoms with Crippen molar-refractivity contribution in [2.45, 2.75) is 25.2 Å². The molecular weight excluding hydrogens is 242 g/mol. The zero-order valence-corrected chi connectivity index (χ0v) is 10.00. The number of halogens is 1. The highest BCUT2D eigenvalue weighted by molar-refractivity contribution is 6.33. The quantitative estimate of drug-likeness (QED) is 0.767. The first-order valence-electron chi connectivity index (χ1n) is 5.52. The van der Waals surface area contributed by atoms with Crippen LogP contribution < -0.4 is 5.73 Å². The smallest absolute Gasteiger partial charge is 0.312 e. The monoisotopic (exact) mass is 255 g/mol. The van der Waals surface area contributed by atoms with Crippen LogP contribution in [0.4, 0.5) is 0 Å². The molecule has 2 rings (SSSR count). The minimum Gasteiger partial charge on any atom is -0.506 e. The van der Waals surface area contributed by atoms with Gasteiger partial charge < -0.3 is 15.9 Å². The number of carbonyl (C=O) groups is 1. The maximum atomic E-state index is 11.1. The first kappa shape index (κ1) is 12.2. The van der Waals surface area contributed by atoms with Gasteiger partial charge in [-0.3, -0.25) is 4.79 Å². The van der Waals surface area contributed by atoms with Gasteiger partial charge in [-0.05, 0) is 30.4 Å². The molecule has 1 aliphatic rings. The molecule has 0 spiro atoms. The van der Waals surface area contributed by atoms with Crippen molar-refractivity contribution in [2.75, 3.05) is 6.54 Å². The number of nitrogens with two attached hydrogens (primary N) is 1. The van der Waals surface area contributed by atoms with Gasteiger partial charge in [-0.15, -0.1) is 0 Å². The van der Waals surface area contributed by atoms with Gasteiger partial charge in [0.2, 0.25) is 0 Å². The number of aryl methyl sites for hydroxylation is 1. The molecule has 0 saturated heterocycles. The Morgan fingerprint density at radius 3 is 2.82 bits per heavy atom. The molecule has 92 valence electrons. The summed E-state index contributed by atoms with van der Waals surface area (Å²) in [4.78, 5) is 11.1. The van der Waals surface area contributed by atoms with Gasteiger partial charge in [0.25, 0.3) is 0 Å². The van der Waals surface area contributed by atoms with Crippen LogP contribution in [0.2, 0.25) is 5.02 Å². The van der Waals surface area contributed by atoms with Gasteiger partial charge in [-0.25, -0.2) is 0 Å². The molecule has 1 unspecified atom stereocenters. The molecule has 0 aliphatic heterocycles. The minimum atomic E-state index is -1.04. The van der Waals surface area contributed by atoms with Crippen LogP contribution in [-0.4, -0.2) is 22.7 Å². The number of phenols is 1. The average Bonchev–Trinajstić information content (AvgIpc) is 2.73. The number of aliphatic carboxylic acids is 1. The number of fused-ring (bicyclic) bond motifs is 1. The van der Waals surface area contributed by atoms with Gasteiger partial charge in [0.15, 0.2) is 0 Å². The van der Waals surface area contributed by atoms with Crippen LogP contribution in [0.25, 0.3) is 0 Å². The Labute approximate surface area is 104 Å². The molecule has 1 aliphatic carbocycles. The minimum absolute atomic E-state index is 0.0575. The Bertz CT molecular complexity index is 473. The fraction of sp³-hybridized carbons (Fsp3) is 0.417. The van der Waals surface area contributed by atoms with E-state index in [0.29, 0.717) is 5.56 Å². The van der Waals surface area contributed by atoms with E-state index in [9.17, 15) is 9.90 Å². The van der Waals surface area contributed by atoms with Crippen molar-refractivity contribution in [1.82, 2.24) is 0 Å². The van der Waals surface area contributed by atoms with E-state index < -0.39 is 11.9 Å². The summed E-state index contributed by atoms with van der Waals surface area (Å²) in [6, 6.07) is 1.73. The van der Waals surface area contributed by atoms with Crippen LogP contribution in [0.5, 0.6) is 5.75 Å². The van der Waals surface area contributed by atoms with Gasteiger partial charge in [0.05, 0.1) is 10.9 Å². The maximum Gasteiger partial charge on any atom is 0.312 e. The largest absolute Gasteiger partial charge is 0.506 e. The van der Waals surface area contributed by atoms with Crippen LogP contribution in [0.15, 0.2) is 6.07 Å². The topological polar surface area (TPSA) is 83.6 Å². The molecule has 0 saturated carbocycles. The van der Waals surface area contributed by atoms with Gasteiger partial charge in [0, 0.05) is 12.1 Å². The third-order valence-electron chi connectivity index (χ3n) is 3.25. The predicted molar refractivity (Wildman–Crippen MR) is 64.6 cm³/mol. The van der Waals surface area contributed by atoms with E-state index >= 15 is 0 Å². The molecule has 0 fully saturated rings. The molecule has 0 aromatic heterocycles. The van der Waals surface area contributed by atoms with Crippen molar-refractivity contribution >= 4 is 17.6 Å². The van der Waals surface area contributed by atoms with Gasteiger partial charge in [-0.1, -0.05) is 17.7 Å². The first-order valence-corrected chi connectivity index (χ1v) is 5.90. The van der Waals surface area contributed by atoms with Gasteiger partial charge in [-0.2, -0.15) is 0 Å².